The molecule has 0 bridgehead atoms. The van der Waals surface area contributed by atoms with Crippen LogP contribution < -0.4 is 16.4 Å². The van der Waals surface area contributed by atoms with Gasteiger partial charge in [0.15, 0.2) is 0 Å². The van der Waals surface area contributed by atoms with E-state index in [1.807, 2.05) is 66.7 Å². The molecule has 5 aromatic heterocycles. The molecular weight excluding hydrogens is 771 g/mol. The summed E-state index contributed by atoms with van der Waals surface area (Å²) in [5.74, 6) is -0.386. The van der Waals surface area contributed by atoms with E-state index in [9.17, 15) is 9.59 Å². The number of hydrogen-bond acceptors (Lipinski definition) is 13. The Bertz CT molecular complexity index is 2330. The van der Waals surface area contributed by atoms with Gasteiger partial charge in [-0.1, -0.05) is 125 Å². The number of aromatic nitrogens is 6. The zero-order chi connectivity index (χ0) is 36.3. The molecule has 7 rings (SSSR count). The fourth-order valence-electron chi connectivity index (χ4n) is 3.94. The van der Waals surface area contributed by atoms with Crippen molar-refractivity contribution in [1.82, 2.24) is 30.4 Å². The molecular formula is C33H23Cl3N10O2S3. The summed E-state index contributed by atoms with van der Waals surface area (Å²) in [5.41, 5.74) is 8.75. The summed E-state index contributed by atoms with van der Waals surface area (Å²) in [6.07, 6.45) is 0.445. The summed E-state index contributed by atoms with van der Waals surface area (Å²) in [7, 11) is 0. The molecule has 18 heteroatoms. The van der Waals surface area contributed by atoms with E-state index < -0.39 is 0 Å². The number of rotatable bonds is 6. The molecule has 0 atom stereocenters. The number of nitrogens with two attached hydrogens (primary N) is 1. The number of nitrogen functional groups attached to an aromatic ring is 1. The van der Waals surface area contributed by atoms with Crippen LogP contribution in [0.2, 0.25) is 15.5 Å². The minimum Gasteiger partial charge on any atom is -0.397 e. The third-order valence-corrected chi connectivity index (χ3v) is 9.98. The number of nitrogens with zero attached hydrogens (tertiary/aromatic N) is 7. The Morgan fingerprint density at radius 1 is 0.745 bits per heavy atom. The van der Waals surface area contributed by atoms with Crippen molar-refractivity contribution in [3.05, 3.63) is 111 Å². The molecule has 7 aromatic rings. The van der Waals surface area contributed by atoms with E-state index in [-0.39, 0.29) is 17.0 Å². The van der Waals surface area contributed by atoms with E-state index in [0.717, 1.165) is 21.1 Å². The Morgan fingerprint density at radius 2 is 1.29 bits per heavy atom. The number of halogens is 3. The van der Waals surface area contributed by atoms with Crippen LogP contribution in [0.5, 0.6) is 0 Å². The molecule has 5 heterocycles. The molecule has 0 aliphatic heterocycles. The van der Waals surface area contributed by atoms with Gasteiger partial charge in [-0.05, 0) is 24.3 Å². The summed E-state index contributed by atoms with van der Waals surface area (Å²) in [5, 5.41) is 33.9. The molecule has 0 radical (unpaired) electrons. The molecule has 0 saturated heterocycles. The van der Waals surface area contributed by atoms with Crippen molar-refractivity contribution in [2.24, 2.45) is 0 Å². The lowest BCUT2D eigenvalue weighted by Crippen LogP contribution is -2.11. The van der Waals surface area contributed by atoms with Crippen molar-refractivity contribution in [3.63, 3.8) is 0 Å². The first kappa shape index (κ1) is 37.2. The van der Waals surface area contributed by atoms with Crippen molar-refractivity contribution in [1.29, 1.82) is 5.26 Å². The first-order valence-corrected chi connectivity index (χ1v) is 18.2. The van der Waals surface area contributed by atoms with E-state index in [0.29, 0.717) is 53.3 Å². The Labute approximate surface area is 317 Å². The highest BCUT2D eigenvalue weighted by molar-refractivity contribution is 7.21. The monoisotopic (exact) mass is 792 g/mol. The number of anilines is 3. The molecule has 2 aromatic carbocycles. The smallest absolute Gasteiger partial charge is 0.269 e. The topological polar surface area (TPSA) is 185 Å². The van der Waals surface area contributed by atoms with Crippen molar-refractivity contribution in [2.45, 2.75) is 13.3 Å². The number of carbonyl (C=O) groups is 2. The van der Waals surface area contributed by atoms with E-state index >= 15 is 0 Å². The standard InChI is InChI=1S/C16H10ClN5OS2.C11H11N3OS.C6H2Cl2N2/c17-10-7-6-9-11(18)12(24-15(9)19-10)13(23)20-16-22-21-14(25-16)8-4-2-1-3-5-8;1-2-9(15)12-11-14-13-10(16-11)8-6-4-3-5-7-8;7-5-2-1-4(3-9)6(8)10-5/h1-7H,18H2,(H,20,22,23);3-7H,2H2,1H3,(H,12,14,15);1-2H. The number of benzene rings is 2. The molecule has 12 nitrogen and oxygen atoms in total. The fourth-order valence-corrected chi connectivity index (χ4v) is 7.03. The van der Waals surface area contributed by atoms with Crippen LogP contribution in [0.15, 0.2) is 84.9 Å². The van der Waals surface area contributed by atoms with Gasteiger partial charge in [0.2, 0.25) is 16.2 Å². The van der Waals surface area contributed by atoms with Gasteiger partial charge in [0.05, 0.1) is 11.3 Å². The van der Waals surface area contributed by atoms with Gasteiger partial charge in [0.25, 0.3) is 5.91 Å². The summed E-state index contributed by atoms with van der Waals surface area (Å²) in [6.45, 7) is 1.80. The molecule has 0 saturated carbocycles. The average molecular weight is 794 g/mol. The molecule has 0 aliphatic carbocycles. The van der Waals surface area contributed by atoms with Gasteiger partial charge in [-0.3, -0.25) is 14.9 Å². The van der Waals surface area contributed by atoms with Crippen LogP contribution in [-0.2, 0) is 4.79 Å². The lowest BCUT2D eigenvalue weighted by Gasteiger charge is -1.99. The fraction of sp³-hybridized carbons (Fsp3) is 0.0606. The highest BCUT2D eigenvalue weighted by Gasteiger charge is 2.19. The largest absolute Gasteiger partial charge is 0.397 e. The maximum atomic E-state index is 12.5. The highest BCUT2D eigenvalue weighted by atomic mass is 35.5. The predicted octanol–water partition coefficient (Wildman–Crippen LogP) is 9.12. The number of nitriles is 1. The second kappa shape index (κ2) is 17.7. The second-order valence-electron chi connectivity index (χ2n) is 9.83. The lowest BCUT2D eigenvalue weighted by molar-refractivity contribution is -0.115. The van der Waals surface area contributed by atoms with Crippen LogP contribution in [0.1, 0.15) is 28.6 Å². The molecule has 0 fully saturated rings. The molecule has 256 valence electrons. The number of pyridine rings is 2. The zero-order valence-electron chi connectivity index (χ0n) is 26.2. The van der Waals surface area contributed by atoms with E-state index in [1.54, 1.807) is 19.1 Å². The lowest BCUT2D eigenvalue weighted by atomic mass is 10.2. The van der Waals surface area contributed by atoms with Gasteiger partial charge >= 0.3 is 0 Å². The van der Waals surface area contributed by atoms with Crippen LogP contribution in [0.3, 0.4) is 0 Å². The molecule has 4 N–H and O–H groups in total. The summed E-state index contributed by atoms with van der Waals surface area (Å²) < 4.78 is 0. The molecule has 0 unspecified atom stereocenters. The van der Waals surface area contributed by atoms with Gasteiger partial charge in [-0.2, -0.15) is 5.26 Å². The Hall–Kier alpha value is -5.08. The SMILES string of the molecule is CCC(=O)Nc1nnc(-c2ccccc2)s1.N#Cc1ccc(Cl)nc1Cl.Nc1c(C(=O)Nc2nnc(-c3ccccc3)s2)sc2nc(Cl)ccc12. The minimum absolute atomic E-state index is 0.0456. The van der Waals surface area contributed by atoms with E-state index in [4.69, 9.17) is 45.8 Å². The van der Waals surface area contributed by atoms with Gasteiger partial charge in [0.1, 0.15) is 41.3 Å². The molecule has 0 aliphatic rings. The van der Waals surface area contributed by atoms with Crippen LogP contribution in [-0.4, -0.2) is 42.2 Å². The van der Waals surface area contributed by atoms with Crippen molar-refractivity contribution in [2.75, 3.05) is 16.4 Å². The second-order valence-corrected chi connectivity index (χ2v) is 13.9. The average Bonchev–Trinajstić information content (AvgIpc) is 3.89. The normalized spacial score (nSPS) is 10.3. The van der Waals surface area contributed by atoms with Gasteiger partial charge in [-0.25, -0.2) is 9.97 Å². The maximum absolute atomic E-state index is 12.5. The summed E-state index contributed by atoms with van der Waals surface area (Å²) >= 11 is 20.7. The van der Waals surface area contributed by atoms with Crippen LogP contribution in [0, 0.1) is 11.3 Å². The molecule has 51 heavy (non-hydrogen) atoms. The number of thiophene rings is 1. The van der Waals surface area contributed by atoms with Gasteiger partial charge in [0, 0.05) is 22.9 Å². The van der Waals surface area contributed by atoms with Crippen LogP contribution in [0.4, 0.5) is 16.0 Å². The zero-order valence-corrected chi connectivity index (χ0v) is 30.9. The van der Waals surface area contributed by atoms with Crippen molar-refractivity contribution >= 4 is 107 Å². The molecule has 0 spiro atoms. The molecule has 2 amide bonds. The van der Waals surface area contributed by atoms with Crippen LogP contribution in [0.25, 0.3) is 31.4 Å². The Balaban J connectivity index is 0.000000166. The van der Waals surface area contributed by atoms with E-state index in [2.05, 4.69) is 41.0 Å². The Kier molecular flexibility index (Phi) is 12.9. The van der Waals surface area contributed by atoms with Crippen molar-refractivity contribution in [3.8, 4) is 27.2 Å². The third-order valence-electron chi connectivity index (χ3n) is 6.38. The Morgan fingerprint density at radius 3 is 1.84 bits per heavy atom. The van der Waals surface area contributed by atoms with Gasteiger partial charge in [-0.15, -0.1) is 31.7 Å². The summed E-state index contributed by atoms with van der Waals surface area (Å²) in [4.78, 5) is 32.5. The van der Waals surface area contributed by atoms with Crippen molar-refractivity contribution < 1.29 is 9.59 Å². The van der Waals surface area contributed by atoms with E-state index in [1.165, 1.54) is 46.1 Å². The first-order chi connectivity index (χ1) is 24.6. The number of amides is 2. The quantitative estimate of drug-likeness (QED) is 0.137. The maximum Gasteiger partial charge on any atom is 0.269 e. The number of carbonyl (C=O) groups excluding carboxylic acids is 2. The number of hydrogen-bond donors (Lipinski definition) is 3. The highest BCUT2D eigenvalue weighted by Crippen LogP contribution is 2.34. The number of fused-ring (bicyclic) bond motifs is 1. The summed E-state index contributed by atoms with van der Waals surface area (Å²) in [6, 6.07) is 27.7. The predicted molar refractivity (Wildman–Crippen MR) is 206 cm³/mol. The third kappa shape index (κ3) is 10.0. The van der Waals surface area contributed by atoms with Crippen LogP contribution >= 0.6 is 68.8 Å². The van der Waals surface area contributed by atoms with Gasteiger partial charge < -0.3 is 11.1 Å². The minimum atomic E-state index is -0.340. The number of nitrogens with one attached hydrogen (secondary N) is 2. The first-order valence-electron chi connectivity index (χ1n) is 14.6.